The number of aromatic nitrogens is 5. The summed E-state index contributed by atoms with van der Waals surface area (Å²) in [6.07, 6.45) is 8.49. The number of alkyl carbamates (subject to hydrolysis) is 1. The van der Waals surface area contributed by atoms with Gasteiger partial charge in [-0.25, -0.2) is 22.7 Å². The van der Waals surface area contributed by atoms with Crippen LogP contribution in [0.25, 0.3) is 5.52 Å². The van der Waals surface area contributed by atoms with Crippen LogP contribution in [0.4, 0.5) is 16.4 Å². The van der Waals surface area contributed by atoms with E-state index in [0.29, 0.717) is 22.8 Å². The van der Waals surface area contributed by atoms with Gasteiger partial charge in [0, 0.05) is 41.9 Å². The minimum Gasteiger partial charge on any atom is -0.446 e. The largest absolute Gasteiger partial charge is 0.446 e. The van der Waals surface area contributed by atoms with Crippen LogP contribution in [0.2, 0.25) is 0 Å². The molecular weight excluding hydrogens is 458 g/mol. The zero-order chi connectivity index (χ0) is 24.1. The van der Waals surface area contributed by atoms with E-state index in [9.17, 15) is 13.2 Å². The number of ether oxygens (including phenoxy) is 1. The van der Waals surface area contributed by atoms with Crippen molar-refractivity contribution in [3.63, 3.8) is 0 Å². The zero-order valence-corrected chi connectivity index (χ0v) is 20.2. The maximum atomic E-state index is 12.1. The number of amides is 1. The Morgan fingerprint density at radius 1 is 1.32 bits per heavy atom. The lowest BCUT2D eigenvalue weighted by Gasteiger charge is -2.16. The van der Waals surface area contributed by atoms with Gasteiger partial charge < -0.3 is 15.4 Å². The number of hydrogen-bond donors (Lipinski definition) is 3. The van der Waals surface area contributed by atoms with Crippen molar-refractivity contribution in [3.05, 3.63) is 35.9 Å². The topological polar surface area (TPSA) is 143 Å². The number of carbonyl (C=O) groups is 1. The fourth-order valence-electron chi connectivity index (χ4n) is 4.26. The predicted molar refractivity (Wildman–Crippen MR) is 126 cm³/mol. The van der Waals surface area contributed by atoms with Gasteiger partial charge in [0.15, 0.2) is 21.5 Å². The van der Waals surface area contributed by atoms with Crippen LogP contribution in [0.15, 0.2) is 24.5 Å². The molecule has 0 spiro atoms. The minimum absolute atomic E-state index is 0.0883. The molecule has 11 nitrogen and oxygen atoms in total. The fraction of sp³-hybridized carbons (Fsp3) is 0.545. The Morgan fingerprint density at radius 3 is 2.85 bits per heavy atom. The Morgan fingerprint density at radius 2 is 2.12 bits per heavy atom. The molecule has 5 rings (SSSR count). The monoisotopic (exact) mass is 487 g/mol. The summed E-state index contributed by atoms with van der Waals surface area (Å²) >= 11 is 0. The van der Waals surface area contributed by atoms with Gasteiger partial charge in [-0.3, -0.25) is 5.10 Å². The first-order valence-corrected chi connectivity index (χ1v) is 13.4. The smallest absolute Gasteiger partial charge is 0.407 e. The second kappa shape index (κ2) is 8.26. The Balaban J connectivity index is 1.25. The van der Waals surface area contributed by atoms with Gasteiger partial charge in [0.1, 0.15) is 16.9 Å². The van der Waals surface area contributed by atoms with Crippen molar-refractivity contribution in [1.82, 2.24) is 30.1 Å². The number of nitrogens with one attached hydrogen (secondary N) is 3. The number of anilines is 2. The summed E-state index contributed by atoms with van der Waals surface area (Å²) in [5.74, 6) is 1.34. The van der Waals surface area contributed by atoms with Crippen molar-refractivity contribution >= 4 is 33.1 Å². The molecule has 0 aromatic carbocycles. The van der Waals surface area contributed by atoms with Gasteiger partial charge in [-0.05, 0) is 52.0 Å². The Labute approximate surface area is 197 Å². The zero-order valence-electron chi connectivity index (χ0n) is 19.4. The van der Waals surface area contributed by atoms with Crippen LogP contribution in [-0.2, 0) is 14.6 Å². The summed E-state index contributed by atoms with van der Waals surface area (Å²) in [7, 11) is -3.27. The number of sulfone groups is 1. The summed E-state index contributed by atoms with van der Waals surface area (Å²) in [5, 5.41) is 17.3. The minimum atomic E-state index is -3.27. The number of aromatic amines is 1. The molecule has 3 N–H and O–H groups in total. The third kappa shape index (κ3) is 4.72. The molecule has 2 aliphatic rings. The van der Waals surface area contributed by atoms with Crippen LogP contribution in [0.3, 0.4) is 0 Å². The van der Waals surface area contributed by atoms with Crippen molar-refractivity contribution in [2.45, 2.75) is 68.8 Å². The van der Waals surface area contributed by atoms with Gasteiger partial charge in [0.25, 0.3) is 0 Å². The Hall–Kier alpha value is -3.15. The maximum absolute atomic E-state index is 12.1. The van der Waals surface area contributed by atoms with Crippen molar-refractivity contribution < 1.29 is 17.9 Å². The molecule has 1 unspecified atom stereocenters. The van der Waals surface area contributed by atoms with E-state index in [4.69, 9.17) is 4.74 Å². The van der Waals surface area contributed by atoms with Gasteiger partial charge in [-0.2, -0.15) is 10.2 Å². The molecule has 1 amide bonds. The van der Waals surface area contributed by atoms with E-state index in [1.54, 1.807) is 29.9 Å². The molecule has 34 heavy (non-hydrogen) atoms. The molecule has 3 heterocycles. The summed E-state index contributed by atoms with van der Waals surface area (Å²) in [6, 6.07) is 3.65. The van der Waals surface area contributed by atoms with Crippen LogP contribution in [0, 0.1) is 0 Å². The van der Waals surface area contributed by atoms with Gasteiger partial charge in [-0.15, -0.1) is 0 Å². The van der Waals surface area contributed by atoms with E-state index in [-0.39, 0.29) is 23.7 Å². The summed E-state index contributed by atoms with van der Waals surface area (Å²) in [6.45, 7) is 3.64. The van der Waals surface area contributed by atoms with E-state index < -0.39 is 15.1 Å². The molecule has 182 valence electrons. The lowest BCUT2D eigenvalue weighted by molar-refractivity contribution is 0.0967. The van der Waals surface area contributed by atoms with Gasteiger partial charge in [0.2, 0.25) is 0 Å². The molecule has 12 heteroatoms. The highest BCUT2D eigenvalue weighted by Crippen LogP contribution is 2.37. The number of hydrogen-bond acceptors (Lipinski definition) is 8. The van der Waals surface area contributed by atoms with Crippen LogP contribution < -0.4 is 10.6 Å². The Bertz CT molecular complexity index is 1330. The average Bonchev–Trinajstić information content (AvgIpc) is 3.19. The first kappa shape index (κ1) is 22.6. The number of carbonyl (C=O) groups excluding carboxylic acids is 1. The van der Waals surface area contributed by atoms with Crippen LogP contribution in [-0.4, -0.2) is 57.2 Å². The highest BCUT2D eigenvalue weighted by molar-refractivity contribution is 7.90. The van der Waals surface area contributed by atoms with E-state index in [2.05, 4.69) is 30.9 Å². The van der Waals surface area contributed by atoms with Crippen molar-refractivity contribution in [1.29, 1.82) is 0 Å². The SMILES string of the molecule is CC(c1cc2c(Nc3cc([C@H]4CC[C@@H](OC(=O)NC5(C)CC5)C4)[nH]n3)nccn2n1)S(C)(=O)=O. The van der Waals surface area contributed by atoms with Crippen molar-refractivity contribution in [2.24, 2.45) is 0 Å². The fourth-order valence-corrected chi connectivity index (χ4v) is 4.81. The van der Waals surface area contributed by atoms with E-state index in [0.717, 1.165) is 37.8 Å². The number of H-pyrrole nitrogens is 1. The first-order chi connectivity index (χ1) is 16.1. The number of rotatable bonds is 7. The third-order valence-electron chi connectivity index (χ3n) is 6.81. The Kier molecular flexibility index (Phi) is 5.50. The molecule has 0 radical (unpaired) electrons. The van der Waals surface area contributed by atoms with Crippen molar-refractivity contribution in [3.8, 4) is 0 Å². The van der Waals surface area contributed by atoms with Gasteiger partial charge in [-0.1, -0.05) is 0 Å². The molecule has 3 aromatic heterocycles. The van der Waals surface area contributed by atoms with Crippen LogP contribution >= 0.6 is 0 Å². The van der Waals surface area contributed by atoms with Gasteiger partial charge in [0.05, 0.1) is 5.69 Å². The van der Waals surface area contributed by atoms with E-state index in [1.165, 1.54) is 6.26 Å². The highest BCUT2D eigenvalue weighted by Gasteiger charge is 2.40. The second-order valence-electron chi connectivity index (χ2n) is 9.70. The molecule has 3 atom stereocenters. The summed E-state index contributed by atoms with van der Waals surface area (Å²) in [5.41, 5.74) is 1.99. The molecule has 0 aliphatic heterocycles. The third-order valence-corrected chi connectivity index (χ3v) is 8.34. The van der Waals surface area contributed by atoms with Gasteiger partial charge >= 0.3 is 6.09 Å². The number of fused-ring (bicyclic) bond motifs is 1. The second-order valence-corrected chi connectivity index (χ2v) is 12.1. The molecule has 2 fully saturated rings. The van der Waals surface area contributed by atoms with Crippen molar-refractivity contribution in [2.75, 3.05) is 11.6 Å². The van der Waals surface area contributed by atoms with E-state index >= 15 is 0 Å². The van der Waals surface area contributed by atoms with Crippen LogP contribution in [0.5, 0.6) is 0 Å². The summed E-state index contributed by atoms with van der Waals surface area (Å²) in [4.78, 5) is 16.5. The summed E-state index contributed by atoms with van der Waals surface area (Å²) < 4.78 is 31.1. The maximum Gasteiger partial charge on any atom is 0.407 e. The molecule has 3 aromatic rings. The predicted octanol–water partition coefficient (Wildman–Crippen LogP) is 3.22. The normalized spacial score (nSPS) is 22.4. The molecule has 0 saturated heterocycles. The molecule has 2 aliphatic carbocycles. The lowest BCUT2D eigenvalue weighted by atomic mass is 10.0. The van der Waals surface area contributed by atoms with Crippen LogP contribution in [0.1, 0.15) is 68.5 Å². The molecule has 2 saturated carbocycles. The lowest BCUT2D eigenvalue weighted by Crippen LogP contribution is -2.36. The molecular formula is C22H29N7O4S. The van der Waals surface area contributed by atoms with E-state index in [1.807, 2.05) is 13.0 Å². The first-order valence-electron chi connectivity index (χ1n) is 11.4. The molecule has 0 bridgehead atoms. The highest BCUT2D eigenvalue weighted by atomic mass is 32.2. The average molecular weight is 488 g/mol. The number of nitrogens with zero attached hydrogens (tertiary/aromatic N) is 4. The quantitative estimate of drug-likeness (QED) is 0.461. The standard InChI is InChI=1S/C22H29N7O4S/c1-13(34(3,31)32)16-11-18-20(23-8-9-29(18)28-16)24-19-12-17(26-27-19)14-4-5-15(10-14)33-21(30)25-22(2)6-7-22/h8-9,11-15H,4-7,10H2,1-3H3,(H,25,30)(H2,23,24,26,27)/t13?,14-,15+/m0/s1.